The molecule has 7 nitrogen and oxygen atoms in total. The predicted molar refractivity (Wildman–Crippen MR) is 101 cm³/mol. The third kappa shape index (κ3) is 3.09. The van der Waals surface area contributed by atoms with E-state index in [0.717, 1.165) is 22.0 Å². The number of carbonyl (C=O) groups is 1. The number of aromatic amines is 1. The zero-order valence-electron chi connectivity index (χ0n) is 13.6. The van der Waals surface area contributed by atoms with Crippen LogP contribution in [-0.4, -0.2) is 26.0 Å². The van der Waals surface area contributed by atoms with Crippen molar-refractivity contribution in [2.24, 2.45) is 5.73 Å². The number of carbonyl (C=O) groups excluding carboxylic acids is 1. The van der Waals surface area contributed by atoms with Gasteiger partial charge >= 0.3 is 0 Å². The molecule has 0 unspecified atom stereocenters. The minimum absolute atomic E-state index is 0.0762. The number of anilines is 1. The van der Waals surface area contributed by atoms with Gasteiger partial charge in [-0.25, -0.2) is 9.97 Å². The van der Waals surface area contributed by atoms with Crippen LogP contribution in [0.15, 0.2) is 47.8 Å². The van der Waals surface area contributed by atoms with Crippen LogP contribution >= 0.6 is 11.3 Å². The van der Waals surface area contributed by atoms with Gasteiger partial charge in [0.1, 0.15) is 11.6 Å². The zero-order valence-corrected chi connectivity index (χ0v) is 14.4. The number of phenols is 1. The van der Waals surface area contributed by atoms with Gasteiger partial charge in [0.05, 0.1) is 28.8 Å². The number of benzene rings is 2. The molecule has 26 heavy (non-hydrogen) atoms. The lowest BCUT2D eigenvalue weighted by molar-refractivity contribution is 0.0998. The molecule has 0 aliphatic heterocycles. The summed E-state index contributed by atoms with van der Waals surface area (Å²) in [6.07, 6.45) is 0. The number of imidazole rings is 1. The lowest BCUT2D eigenvalue weighted by Gasteiger charge is -2.03. The van der Waals surface area contributed by atoms with Gasteiger partial charge in [0.25, 0.3) is 5.91 Å². The number of hydrogen-bond acceptors (Lipinski definition) is 6. The molecule has 0 spiro atoms. The van der Waals surface area contributed by atoms with E-state index in [1.807, 2.05) is 29.6 Å². The van der Waals surface area contributed by atoms with Crippen LogP contribution in [0.2, 0.25) is 0 Å². The lowest BCUT2D eigenvalue weighted by Crippen LogP contribution is -2.11. The zero-order chi connectivity index (χ0) is 18.1. The Morgan fingerprint density at radius 2 is 2.08 bits per heavy atom. The Morgan fingerprint density at radius 1 is 1.23 bits per heavy atom. The van der Waals surface area contributed by atoms with E-state index in [1.54, 1.807) is 6.07 Å². The highest BCUT2D eigenvalue weighted by molar-refractivity contribution is 7.14. The van der Waals surface area contributed by atoms with Crippen LogP contribution in [0, 0.1) is 0 Å². The van der Waals surface area contributed by atoms with Gasteiger partial charge in [0.2, 0.25) is 0 Å². The number of aromatic nitrogens is 3. The summed E-state index contributed by atoms with van der Waals surface area (Å²) in [7, 11) is 0. The number of rotatable bonds is 5. The monoisotopic (exact) mass is 365 g/mol. The van der Waals surface area contributed by atoms with Crippen LogP contribution in [0.25, 0.3) is 22.3 Å². The number of primary amides is 1. The van der Waals surface area contributed by atoms with E-state index in [-0.39, 0.29) is 11.3 Å². The van der Waals surface area contributed by atoms with Gasteiger partial charge in [-0.15, -0.1) is 11.3 Å². The molecule has 0 aliphatic rings. The Kier molecular flexibility index (Phi) is 4.02. The molecule has 2 aromatic carbocycles. The van der Waals surface area contributed by atoms with Crippen molar-refractivity contribution in [3.8, 4) is 17.0 Å². The SMILES string of the molecule is NC(=O)c1cc(-c2csc(NCc3nc4ccccc4[nH]3)n2)ccc1O. The van der Waals surface area contributed by atoms with Crippen LogP contribution in [-0.2, 0) is 6.54 Å². The molecule has 8 heteroatoms. The Morgan fingerprint density at radius 3 is 2.88 bits per heavy atom. The van der Waals surface area contributed by atoms with Crippen LogP contribution in [0.1, 0.15) is 16.2 Å². The summed E-state index contributed by atoms with van der Waals surface area (Å²) < 4.78 is 0. The van der Waals surface area contributed by atoms with Crippen LogP contribution in [0.5, 0.6) is 5.75 Å². The first-order valence-electron chi connectivity index (χ1n) is 7.86. The molecule has 0 radical (unpaired) electrons. The quantitative estimate of drug-likeness (QED) is 0.433. The van der Waals surface area contributed by atoms with Crippen molar-refractivity contribution in [1.29, 1.82) is 0 Å². The smallest absolute Gasteiger partial charge is 0.252 e. The van der Waals surface area contributed by atoms with E-state index in [2.05, 4.69) is 20.3 Å². The summed E-state index contributed by atoms with van der Waals surface area (Å²) in [6, 6.07) is 12.5. The first-order valence-corrected chi connectivity index (χ1v) is 8.74. The molecule has 0 fully saturated rings. The average Bonchev–Trinajstić information content (AvgIpc) is 3.26. The summed E-state index contributed by atoms with van der Waals surface area (Å²) in [5.74, 6) is 0.00567. The summed E-state index contributed by atoms with van der Waals surface area (Å²) in [6.45, 7) is 0.518. The number of H-pyrrole nitrogens is 1. The van der Waals surface area contributed by atoms with Crippen molar-refractivity contribution in [3.05, 3.63) is 59.2 Å². The summed E-state index contributed by atoms with van der Waals surface area (Å²) >= 11 is 1.45. The van der Waals surface area contributed by atoms with Crippen LogP contribution in [0.4, 0.5) is 5.13 Å². The number of fused-ring (bicyclic) bond motifs is 1. The van der Waals surface area contributed by atoms with Crippen molar-refractivity contribution in [2.75, 3.05) is 5.32 Å². The molecule has 2 heterocycles. The second kappa shape index (κ2) is 6.49. The number of nitrogens with two attached hydrogens (primary N) is 1. The minimum Gasteiger partial charge on any atom is -0.507 e. The van der Waals surface area contributed by atoms with Crippen LogP contribution in [0.3, 0.4) is 0 Å². The molecule has 130 valence electrons. The molecule has 1 amide bonds. The van der Waals surface area contributed by atoms with E-state index in [1.165, 1.54) is 23.5 Å². The molecule has 2 aromatic heterocycles. The van der Waals surface area contributed by atoms with E-state index >= 15 is 0 Å². The summed E-state index contributed by atoms with van der Waals surface area (Å²) in [4.78, 5) is 23.6. The van der Waals surface area contributed by atoms with Crippen LogP contribution < -0.4 is 11.1 Å². The topological polar surface area (TPSA) is 117 Å². The van der Waals surface area contributed by atoms with Crippen molar-refractivity contribution in [2.45, 2.75) is 6.54 Å². The third-order valence-corrected chi connectivity index (χ3v) is 4.71. The van der Waals surface area contributed by atoms with Crippen molar-refractivity contribution < 1.29 is 9.90 Å². The minimum atomic E-state index is -0.678. The van der Waals surface area contributed by atoms with E-state index in [0.29, 0.717) is 17.8 Å². The molecule has 4 aromatic rings. The second-order valence-corrected chi connectivity index (χ2v) is 6.55. The summed E-state index contributed by atoms with van der Waals surface area (Å²) in [5, 5.41) is 15.5. The predicted octanol–water partition coefficient (Wildman–Crippen LogP) is 3.10. The standard InChI is InChI=1S/C18H15N5O2S/c19-17(25)11-7-10(5-6-15(11)24)14-9-26-18(23-14)20-8-16-21-12-3-1-2-4-13(12)22-16/h1-7,9,24H,8H2,(H2,19,25)(H,20,23)(H,21,22). The fourth-order valence-electron chi connectivity index (χ4n) is 2.63. The van der Waals surface area contributed by atoms with E-state index in [9.17, 15) is 9.90 Å². The van der Waals surface area contributed by atoms with E-state index in [4.69, 9.17) is 5.73 Å². The fourth-order valence-corrected chi connectivity index (χ4v) is 3.35. The van der Waals surface area contributed by atoms with Gasteiger partial charge in [-0.2, -0.15) is 0 Å². The summed E-state index contributed by atoms with van der Waals surface area (Å²) in [5.41, 5.74) is 8.67. The Hall–Kier alpha value is -3.39. The number of hydrogen-bond donors (Lipinski definition) is 4. The number of nitrogens with zero attached hydrogens (tertiary/aromatic N) is 2. The number of aromatic hydroxyl groups is 1. The molecule has 0 bridgehead atoms. The average molecular weight is 365 g/mol. The molecule has 4 rings (SSSR count). The highest BCUT2D eigenvalue weighted by atomic mass is 32.1. The first kappa shape index (κ1) is 16.1. The second-order valence-electron chi connectivity index (χ2n) is 5.69. The van der Waals surface area contributed by atoms with Crippen molar-refractivity contribution in [1.82, 2.24) is 15.0 Å². The van der Waals surface area contributed by atoms with Crippen molar-refractivity contribution >= 4 is 33.4 Å². The highest BCUT2D eigenvalue weighted by Gasteiger charge is 2.12. The molecular weight excluding hydrogens is 350 g/mol. The normalized spacial score (nSPS) is 10.9. The van der Waals surface area contributed by atoms with Gasteiger partial charge in [-0.05, 0) is 30.3 Å². The third-order valence-electron chi connectivity index (χ3n) is 3.91. The number of thiazole rings is 1. The highest BCUT2D eigenvalue weighted by Crippen LogP contribution is 2.28. The number of para-hydroxylation sites is 2. The molecule has 0 saturated heterocycles. The maximum absolute atomic E-state index is 11.4. The number of nitrogens with one attached hydrogen (secondary N) is 2. The Balaban J connectivity index is 1.51. The van der Waals surface area contributed by atoms with Gasteiger partial charge < -0.3 is 21.1 Å². The maximum atomic E-state index is 11.4. The molecule has 0 aliphatic carbocycles. The Bertz CT molecular complexity index is 1070. The maximum Gasteiger partial charge on any atom is 0.252 e. The number of amides is 1. The largest absolute Gasteiger partial charge is 0.507 e. The van der Waals surface area contributed by atoms with Gasteiger partial charge in [-0.1, -0.05) is 12.1 Å². The van der Waals surface area contributed by atoms with E-state index < -0.39 is 5.91 Å². The molecular formula is C18H15N5O2S. The fraction of sp³-hybridized carbons (Fsp3) is 0.0556. The first-order chi connectivity index (χ1) is 12.6. The van der Waals surface area contributed by atoms with Crippen molar-refractivity contribution in [3.63, 3.8) is 0 Å². The van der Waals surface area contributed by atoms with Gasteiger partial charge in [0.15, 0.2) is 5.13 Å². The van der Waals surface area contributed by atoms with Gasteiger partial charge in [0, 0.05) is 10.9 Å². The lowest BCUT2D eigenvalue weighted by atomic mass is 10.1. The molecule has 0 saturated carbocycles. The molecule has 0 atom stereocenters. The Labute approximate surface area is 152 Å². The molecule has 5 N–H and O–H groups in total. The van der Waals surface area contributed by atoms with Gasteiger partial charge in [-0.3, -0.25) is 4.79 Å².